The van der Waals surface area contributed by atoms with E-state index in [1.165, 1.54) is 12.8 Å². The number of nitrogens with zero attached hydrogens (tertiary/aromatic N) is 3. The van der Waals surface area contributed by atoms with Gasteiger partial charge in [-0.05, 0) is 51.1 Å². The molecule has 2 rings (SSSR count). The minimum atomic E-state index is -0.177. The fourth-order valence-corrected chi connectivity index (χ4v) is 3.25. The van der Waals surface area contributed by atoms with Crippen molar-refractivity contribution in [2.24, 2.45) is 17.1 Å². The van der Waals surface area contributed by atoms with Crippen molar-refractivity contribution in [2.75, 3.05) is 20.6 Å². The average Bonchev–Trinajstić information content (AvgIpc) is 2.86. The van der Waals surface area contributed by atoms with Gasteiger partial charge in [-0.2, -0.15) is 4.98 Å². The Labute approximate surface area is 128 Å². The molecule has 0 radical (unpaired) electrons. The quantitative estimate of drug-likeness (QED) is 0.924. The maximum absolute atomic E-state index is 6.09. The van der Waals surface area contributed by atoms with Crippen LogP contribution in [0.2, 0.25) is 0 Å². The molecule has 120 valence electrons. The molecule has 0 saturated heterocycles. The van der Waals surface area contributed by atoms with Crippen LogP contribution in [0.4, 0.5) is 0 Å². The van der Waals surface area contributed by atoms with Gasteiger partial charge in [0.15, 0.2) is 5.82 Å². The second-order valence-corrected chi connectivity index (χ2v) is 7.77. The molecule has 5 nitrogen and oxygen atoms in total. The summed E-state index contributed by atoms with van der Waals surface area (Å²) >= 11 is 0. The van der Waals surface area contributed by atoms with E-state index in [0.717, 1.165) is 31.2 Å². The Morgan fingerprint density at radius 2 is 1.86 bits per heavy atom. The Balaban J connectivity index is 1.94. The first-order chi connectivity index (χ1) is 9.77. The number of rotatable bonds is 4. The predicted octanol–water partition coefficient (Wildman–Crippen LogP) is 2.95. The largest absolute Gasteiger partial charge is 0.339 e. The van der Waals surface area contributed by atoms with Crippen molar-refractivity contribution in [1.82, 2.24) is 15.0 Å². The van der Waals surface area contributed by atoms with E-state index in [1.54, 1.807) is 0 Å². The van der Waals surface area contributed by atoms with E-state index >= 15 is 0 Å². The van der Waals surface area contributed by atoms with Gasteiger partial charge in [0.25, 0.3) is 0 Å². The summed E-state index contributed by atoms with van der Waals surface area (Å²) in [6.07, 6.45) is 4.78. The monoisotopic (exact) mass is 294 g/mol. The van der Waals surface area contributed by atoms with Crippen LogP contribution < -0.4 is 5.73 Å². The van der Waals surface area contributed by atoms with E-state index in [2.05, 4.69) is 30.9 Å². The van der Waals surface area contributed by atoms with Crippen LogP contribution in [0.1, 0.15) is 70.1 Å². The summed E-state index contributed by atoms with van der Waals surface area (Å²) in [5.74, 6) is 2.63. The lowest BCUT2D eigenvalue weighted by Gasteiger charge is -2.35. The van der Waals surface area contributed by atoms with Gasteiger partial charge in [-0.15, -0.1) is 0 Å². The Morgan fingerprint density at radius 3 is 2.38 bits per heavy atom. The zero-order chi connectivity index (χ0) is 15.6. The minimum absolute atomic E-state index is 0.177. The minimum Gasteiger partial charge on any atom is -0.339 e. The third-order valence-corrected chi connectivity index (χ3v) is 4.65. The number of nitrogens with two attached hydrogens (primary N) is 1. The standard InChI is InChI=1S/C16H30N4O/c1-16(2,3)12-8-6-11(7-9-12)15-18-14(19-21-15)13(17)10-20(4)5/h11-13H,6-10,17H2,1-5H3. The third kappa shape index (κ3) is 4.27. The van der Waals surface area contributed by atoms with Gasteiger partial charge in [-0.1, -0.05) is 25.9 Å². The highest BCUT2D eigenvalue weighted by atomic mass is 16.5. The summed E-state index contributed by atoms with van der Waals surface area (Å²) in [4.78, 5) is 6.58. The van der Waals surface area contributed by atoms with Gasteiger partial charge >= 0.3 is 0 Å². The average molecular weight is 294 g/mol. The number of hydrogen-bond acceptors (Lipinski definition) is 5. The molecule has 1 aromatic rings. The molecule has 21 heavy (non-hydrogen) atoms. The molecule has 1 fully saturated rings. The van der Waals surface area contributed by atoms with Crippen molar-refractivity contribution in [3.63, 3.8) is 0 Å². The topological polar surface area (TPSA) is 68.2 Å². The second kappa shape index (κ2) is 6.44. The van der Waals surface area contributed by atoms with E-state index in [9.17, 15) is 0 Å². The Morgan fingerprint density at radius 1 is 1.24 bits per heavy atom. The van der Waals surface area contributed by atoms with Crippen molar-refractivity contribution < 1.29 is 4.52 Å². The Hall–Kier alpha value is -0.940. The molecule has 0 bridgehead atoms. The smallest absolute Gasteiger partial charge is 0.229 e. The van der Waals surface area contributed by atoms with Gasteiger partial charge < -0.3 is 15.2 Å². The summed E-state index contributed by atoms with van der Waals surface area (Å²) in [7, 11) is 3.99. The molecule has 5 heteroatoms. The zero-order valence-corrected chi connectivity index (χ0v) is 14.1. The Kier molecular flexibility index (Phi) is 5.04. The summed E-state index contributed by atoms with van der Waals surface area (Å²) in [6, 6.07) is -0.177. The molecule has 0 spiro atoms. The number of aromatic nitrogens is 2. The van der Waals surface area contributed by atoms with Crippen molar-refractivity contribution >= 4 is 0 Å². The van der Waals surface area contributed by atoms with Gasteiger partial charge in [0.05, 0.1) is 6.04 Å². The molecule has 0 aliphatic heterocycles. The molecule has 1 heterocycles. The van der Waals surface area contributed by atoms with Gasteiger partial charge in [-0.3, -0.25) is 0 Å². The fraction of sp³-hybridized carbons (Fsp3) is 0.875. The van der Waals surface area contributed by atoms with E-state index < -0.39 is 0 Å². The maximum atomic E-state index is 6.09. The highest BCUT2D eigenvalue weighted by molar-refractivity contribution is 5.00. The molecule has 1 unspecified atom stereocenters. The van der Waals surface area contributed by atoms with Gasteiger partial charge in [0.2, 0.25) is 5.89 Å². The molecule has 0 aromatic carbocycles. The van der Waals surface area contributed by atoms with Crippen LogP contribution in [0.25, 0.3) is 0 Å². The van der Waals surface area contributed by atoms with Crippen LogP contribution in [0, 0.1) is 11.3 Å². The van der Waals surface area contributed by atoms with Crippen LogP contribution in [0.15, 0.2) is 4.52 Å². The summed E-state index contributed by atoms with van der Waals surface area (Å²) in [5, 5.41) is 4.07. The molecule has 1 aromatic heterocycles. The molecular formula is C16H30N4O. The SMILES string of the molecule is CN(C)CC(N)c1noc(C2CCC(C(C)(C)C)CC2)n1. The lowest BCUT2D eigenvalue weighted by atomic mass is 9.70. The lowest BCUT2D eigenvalue weighted by molar-refractivity contribution is 0.159. The van der Waals surface area contributed by atoms with Crippen LogP contribution in [-0.2, 0) is 0 Å². The molecular weight excluding hydrogens is 264 g/mol. The van der Waals surface area contributed by atoms with Crippen LogP contribution in [-0.4, -0.2) is 35.7 Å². The van der Waals surface area contributed by atoms with Gasteiger partial charge in [-0.25, -0.2) is 0 Å². The van der Waals surface area contributed by atoms with Gasteiger partial charge in [0.1, 0.15) is 0 Å². The van der Waals surface area contributed by atoms with Crippen LogP contribution in [0.3, 0.4) is 0 Å². The highest BCUT2D eigenvalue weighted by Gasteiger charge is 2.32. The predicted molar refractivity (Wildman–Crippen MR) is 83.9 cm³/mol. The first-order valence-corrected chi connectivity index (χ1v) is 8.01. The van der Waals surface area contributed by atoms with E-state index in [4.69, 9.17) is 10.3 Å². The van der Waals surface area contributed by atoms with E-state index in [-0.39, 0.29) is 6.04 Å². The van der Waals surface area contributed by atoms with Crippen molar-refractivity contribution in [3.8, 4) is 0 Å². The van der Waals surface area contributed by atoms with E-state index in [1.807, 2.05) is 19.0 Å². The van der Waals surface area contributed by atoms with Crippen molar-refractivity contribution in [1.29, 1.82) is 0 Å². The summed E-state index contributed by atoms with van der Waals surface area (Å²) in [5.41, 5.74) is 6.49. The summed E-state index contributed by atoms with van der Waals surface area (Å²) < 4.78 is 5.47. The number of hydrogen-bond donors (Lipinski definition) is 1. The summed E-state index contributed by atoms with van der Waals surface area (Å²) in [6.45, 7) is 7.74. The van der Waals surface area contributed by atoms with Gasteiger partial charge in [0, 0.05) is 12.5 Å². The van der Waals surface area contributed by atoms with E-state index in [0.29, 0.717) is 17.2 Å². The van der Waals surface area contributed by atoms with Crippen LogP contribution >= 0.6 is 0 Å². The first-order valence-electron chi connectivity index (χ1n) is 8.01. The van der Waals surface area contributed by atoms with Crippen molar-refractivity contribution in [2.45, 2.75) is 58.4 Å². The molecule has 1 aliphatic carbocycles. The normalized spacial score (nSPS) is 25.3. The third-order valence-electron chi connectivity index (χ3n) is 4.65. The molecule has 0 amide bonds. The lowest BCUT2D eigenvalue weighted by Crippen LogP contribution is -2.27. The molecule has 1 atom stereocenters. The first kappa shape index (κ1) is 16.4. The maximum Gasteiger partial charge on any atom is 0.229 e. The molecule has 2 N–H and O–H groups in total. The fourth-order valence-electron chi connectivity index (χ4n) is 3.25. The molecule has 1 aliphatic rings. The van der Waals surface area contributed by atoms with Crippen LogP contribution in [0.5, 0.6) is 0 Å². The number of likely N-dealkylation sites (N-methyl/N-ethyl adjacent to an activating group) is 1. The zero-order valence-electron chi connectivity index (χ0n) is 14.1. The molecule has 1 saturated carbocycles. The highest BCUT2D eigenvalue weighted by Crippen LogP contribution is 2.42. The second-order valence-electron chi connectivity index (χ2n) is 7.77. The van der Waals surface area contributed by atoms with Crippen molar-refractivity contribution in [3.05, 3.63) is 11.7 Å². The Bertz CT molecular complexity index is 441.